The molecule has 0 saturated heterocycles. The fourth-order valence-electron chi connectivity index (χ4n) is 2.41. The van der Waals surface area contributed by atoms with Gasteiger partial charge in [0.25, 0.3) is 0 Å². The van der Waals surface area contributed by atoms with Crippen molar-refractivity contribution >= 4 is 17.1 Å². The van der Waals surface area contributed by atoms with Gasteiger partial charge in [0.05, 0.1) is 11.8 Å². The molecule has 2 aromatic carbocycles. The maximum atomic E-state index is 12.4. The standard InChI is InChI=1S/C21H18N2O2S/c1-14-3-7-16(8-4-14)19-13-26-21(23-19)18(11-22)20(24)12-25-17-9-5-15(2)6-10-17/h3-10,13,18H,12H2,1-2H3. The third-order valence-corrected chi connectivity index (χ3v) is 4.88. The van der Waals surface area contributed by atoms with Crippen LogP contribution in [0, 0.1) is 25.2 Å². The van der Waals surface area contributed by atoms with Gasteiger partial charge in [0, 0.05) is 10.9 Å². The highest BCUT2D eigenvalue weighted by Gasteiger charge is 2.24. The van der Waals surface area contributed by atoms with Gasteiger partial charge in [-0.25, -0.2) is 4.98 Å². The molecule has 130 valence electrons. The van der Waals surface area contributed by atoms with Crippen molar-refractivity contribution < 1.29 is 9.53 Å². The van der Waals surface area contributed by atoms with E-state index in [1.807, 2.05) is 67.8 Å². The second-order valence-corrected chi connectivity index (χ2v) is 6.96. The first-order chi connectivity index (χ1) is 12.6. The normalized spacial score (nSPS) is 11.6. The van der Waals surface area contributed by atoms with Gasteiger partial charge in [0.15, 0.2) is 11.7 Å². The van der Waals surface area contributed by atoms with Gasteiger partial charge in [0.2, 0.25) is 0 Å². The summed E-state index contributed by atoms with van der Waals surface area (Å²) in [5, 5.41) is 11.8. The molecule has 0 bridgehead atoms. The van der Waals surface area contributed by atoms with Gasteiger partial charge in [-0.3, -0.25) is 4.79 Å². The summed E-state index contributed by atoms with van der Waals surface area (Å²) in [5.74, 6) is -0.595. The number of Topliss-reactive ketones (excluding diaryl/α,β-unsaturated/α-hetero) is 1. The van der Waals surface area contributed by atoms with Gasteiger partial charge < -0.3 is 4.74 Å². The van der Waals surface area contributed by atoms with Crippen molar-refractivity contribution in [3.05, 3.63) is 70.0 Å². The number of nitrogens with zero attached hydrogens (tertiary/aromatic N) is 2. The van der Waals surface area contributed by atoms with Crippen LogP contribution in [0.3, 0.4) is 0 Å². The summed E-state index contributed by atoms with van der Waals surface area (Å²) >= 11 is 1.32. The summed E-state index contributed by atoms with van der Waals surface area (Å²) in [6.07, 6.45) is 0. The average Bonchev–Trinajstić information content (AvgIpc) is 3.12. The summed E-state index contributed by atoms with van der Waals surface area (Å²) in [7, 11) is 0. The van der Waals surface area contributed by atoms with Crippen LogP contribution in [0.15, 0.2) is 53.9 Å². The van der Waals surface area contributed by atoms with Gasteiger partial charge >= 0.3 is 0 Å². The molecule has 1 heterocycles. The van der Waals surface area contributed by atoms with Crippen molar-refractivity contribution in [1.29, 1.82) is 5.26 Å². The minimum Gasteiger partial charge on any atom is -0.486 e. The first-order valence-electron chi connectivity index (χ1n) is 8.21. The molecule has 0 saturated carbocycles. The molecule has 0 amide bonds. The third-order valence-electron chi connectivity index (χ3n) is 3.97. The molecule has 5 heteroatoms. The highest BCUT2D eigenvalue weighted by molar-refractivity contribution is 7.10. The largest absolute Gasteiger partial charge is 0.486 e. The van der Waals surface area contributed by atoms with Gasteiger partial charge in [-0.15, -0.1) is 11.3 Å². The van der Waals surface area contributed by atoms with Crippen molar-refractivity contribution in [3.8, 4) is 23.1 Å². The summed E-state index contributed by atoms with van der Waals surface area (Å²) in [6.45, 7) is 3.85. The predicted octanol–water partition coefficient (Wildman–Crippen LogP) is 4.68. The summed E-state index contributed by atoms with van der Waals surface area (Å²) in [6, 6.07) is 17.5. The van der Waals surface area contributed by atoms with Crippen LogP contribution in [0.2, 0.25) is 0 Å². The first kappa shape index (κ1) is 17.8. The topological polar surface area (TPSA) is 63.0 Å². The molecule has 0 aliphatic rings. The summed E-state index contributed by atoms with van der Waals surface area (Å²) in [4.78, 5) is 16.9. The molecule has 3 rings (SSSR count). The number of rotatable bonds is 6. The second-order valence-electron chi connectivity index (χ2n) is 6.07. The molecule has 0 aliphatic carbocycles. The molecule has 4 nitrogen and oxygen atoms in total. The van der Waals surface area contributed by atoms with Crippen molar-refractivity contribution in [2.24, 2.45) is 0 Å². The van der Waals surface area contributed by atoms with E-state index in [-0.39, 0.29) is 12.4 Å². The zero-order valence-electron chi connectivity index (χ0n) is 14.6. The maximum absolute atomic E-state index is 12.4. The minimum absolute atomic E-state index is 0.152. The SMILES string of the molecule is Cc1ccc(OCC(=O)C(C#N)c2nc(-c3ccc(C)cc3)cs2)cc1. The lowest BCUT2D eigenvalue weighted by Crippen LogP contribution is -2.19. The first-order valence-corrected chi connectivity index (χ1v) is 9.09. The zero-order chi connectivity index (χ0) is 18.5. The summed E-state index contributed by atoms with van der Waals surface area (Å²) < 4.78 is 5.51. The molecule has 1 atom stereocenters. The Morgan fingerprint density at radius 1 is 1.12 bits per heavy atom. The van der Waals surface area contributed by atoms with Crippen molar-refractivity contribution in [2.45, 2.75) is 19.8 Å². The van der Waals surface area contributed by atoms with Crippen molar-refractivity contribution in [1.82, 2.24) is 4.98 Å². The quantitative estimate of drug-likeness (QED) is 0.638. The van der Waals surface area contributed by atoms with Crippen molar-refractivity contribution in [2.75, 3.05) is 6.61 Å². The summed E-state index contributed by atoms with van der Waals surface area (Å²) in [5.41, 5.74) is 4.03. The smallest absolute Gasteiger partial charge is 0.194 e. The maximum Gasteiger partial charge on any atom is 0.194 e. The van der Waals surface area contributed by atoms with Crippen LogP contribution >= 0.6 is 11.3 Å². The Kier molecular flexibility index (Phi) is 5.45. The molecule has 0 aliphatic heterocycles. The van der Waals surface area contributed by atoms with Crippen LogP contribution in [0.4, 0.5) is 0 Å². The number of thiazole rings is 1. The van der Waals surface area contributed by atoms with Crippen LogP contribution in [-0.4, -0.2) is 17.4 Å². The van der Waals surface area contributed by atoms with Crippen LogP contribution in [0.25, 0.3) is 11.3 Å². The van der Waals surface area contributed by atoms with E-state index in [0.717, 1.165) is 16.8 Å². The fraction of sp³-hybridized carbons (Fsp3) is 0.190. The zero-order valence-corrected chi connectivity index (χ0v) is 15.4. The van der Waals surface area contributed by atoms with Crippen LogP contribution < -0.4 is 4.74 Å². The van der Waals surface area contributed by atoms with Gasteiger partial charge in [-0.05, 0) is 26.0 Å². The molecule has 1 aromatic heterocycles. The fourth-order valence-corrected chi connectivity index (χ4v) is 3.31. The molecule has 1 unspecified atom stereocenters. The van der Waals surface area contributed by atoms with E-state index < -0.39 is 5.92 Å². The number of carbonyl (C=O) groups is 1. The Hall–Kier alpha value is -2.97. The molecular weight excluding hydrogens is 344 g/mol. The van der Waals surface area contributed by atoms with Crippen LogP contribution in [-0.2, 0) is 4.79 Å². The number of ketones is 1. The number of aromatic nitrogens is 1. The number of hydrogen-bond acceptors (Lipinski definition) is 5. The van der Waals surface area contributed by atoms with E-state index in [4.69, 9.17) is 4.74 Å². The Bertz CT molecular complexity index is 937. The molecule has 0 fully saturated rings. The Morgan fingerprint density at radius 2 is 1.73 bits per heavy atom. The third kappa shape index (κ3) is 4.16. The molecule has 26 heavy (non-hydrogen) atoms. The average molecular weight is 362 g/mol. The number of nitriles is 1. The van der Waals surface area contributed by atoms with E-state index in [9.17, 15) is 10.1 Å². The van der Waals surface area contributed by atoms with Gasteiger partial charge in [-0.1, -0.05) is 47.5 Å². The molecule has 3 aromatic rings. The van der Waals surface area contributed by atoms with E-state index in [2.05, 4.69) is 11.1 Å². The van der Waals surface area contributed by atoms with Gasteiger partial charge in [0.1, 0.15) is 17.4 Å². The minimum atomic E-state index is -0.912. The number of ether oxygens (including phenoxy) is 1. The monoisotopic (exact) mass is 362 g/mol. The van der Waals surface area contributed by atoms with Crippen molar-refractivity contribution in [3.63, 3.8) is 0 Å². The van der Waals surface area contributed by atoms with E-state index in [1.54, 1.807) is 0 Å². The number of hydrogen-bond donors (Lipinski definition) is 0. The molecular formula is C21H18N2O2S. The Morgan fingerprint density at radius 3 is 2.35 bits per heavy atom. The highest BCUT2D eigenvalue weighted by Crippen LogP contribution is 2.27. The molecule has 0 spiro atoms. The van der Waals surface area contributed by atoms with E-state index in [1.165, 1.54) is 16.9 Å². The Balaban J connectivity index is 1.70. The van der Waals surface area contributed by atoms with E-state index in [0.29, 0.717) is 10.8 Å². The van der Waals surface area contributed by atoms with Crippen LogP contribution in [0.5, 0.6) is 5.75 Å². The van der Waals surface area contributed by atoms with Gasteiger partial charge in [-0.2, -0.15) is 5.26 Å². The highest BCUT2D eigenvalue weighted by atomic mass is 32.1. The predicted molar refractivity (Wildman–Crippen MR) is 102 cm³/mol. The lowest BCUT2D eigenvalue weighted by atomic mass is 10.1. The second kappa shape index (κ2) is 7.94. The van der Waals surface area contributed by atoms with E-state index >= 15 is 0 Å². The van der Waals surface area contributed by atoms with Crippen LogP contribution in [0.1, 0.15) is 22.1 Å². The lowest BCUT2D eigenvalue weighted by molar-refractivity contribution is -0.121. The molecule has 0 radical (unpaired) electrons. The number of carbonyl (C=O) groups excluding carboxylic acids is 1. The number of aryl methyl sites for hydroxylation is 2. The number of benzene rings is 2. The lowest BCUT2D eigenvalue weighted by Gasteiger charge is -2.08. The Labute approximate surface area is 156 Å². The molecule has 0 N–H and O–H groups in total.